The average molecular weight is 324 g/mol. The van der Waals surface area contributed by atoms with Gasteiger partial charge >= 0.3 is 0 Å². The molecular weight excluding hydrogens is 308 g/mol. The fourth-order valence-electron chi connectivity index (χ4n) is 2.80. The maximum Gasteiger partial charge on any atom is 0.178 e. The van der Waals surface area contributed by atoms with Crippen LogP contribution in [0, 0.1) is 0 Å². The van der Waals surface area contributed by atoms with Crippen LogP contribution in [0.25, 0.3) is 11.5 Å². The minimum Gasteiger partial charge on any atom is -0.456 e. The standard InChI is InChI=1S/C23H16O2/c24-21-13-11-17(12-14-21)20-15-22(18-7-3-1-4-8-18)25-23(16-20)19-9-5-2-6-10-19/h1-16H. The fourth-order valence-corrected chi connectivity index (χ4v) is 2.80. The molecule has 0 amide bonds. The smallest absolute Gasteiger partial charge is 0.178 e. The molecule has 120 valence electrons. The molecule has 2 aliphatic rings. The third-order valence-corrected chi connectivity index (χ3v) is 4.10. The first-order valence-electron chi connectivity index (χ1n) is 8.16. The molecule has 25 heavy (non-hydrogen) atoms. The molecule has 0 saturated carbocycles. The van der Waals surface area contributed by atoms with Gasteiger partial charge < -0.3 is 4.74 Å². The van der Waals surface area contributed by atoms with Crippen molar-refractivity contribution in [1.29, 1.82) is 0 Å². The van der Waals surface area contributed by atoms with E-state index >= 15 is 0 Å². The normalized spacial score (nSPS) is 16.4. The van der Waals surface area contributed by atoms with E-state index in [4.69, 9.17) is 4.74 Å². The molecule has 2 heteroatoms. The highest BCUT2D eigenvalue weighted by Gasteiger charge is 2.16. The molecule has 0 aromatic heterocycles. The molecule has 1 heterocycles. The molecule has 0 spiro atoms. The van der Waals surface area contributed by atoms with E-state index in [9.17, 15) is 4.79 Å². The summed E-state index contributed by atoms with van der Waals surface area (Å²) in [6, 6.07) is 20.0. The summed E-state index contributed by atoms with van der Waals surface area (Å²) in [7, 11) is 0. The fraction of sp³-hybridized carbons (Fsp3) is 0. The lowest BCUT2D eigenvalue weighted by molar-refractivity contribution is -0.110. The molecule has 2 aromatic rings. The third kappa shape index (κ3) is 3.29. The van der Waals surface area contributed by atoms with Crippen molar-refractivity contribution in [2.75, 3.05) is 0 Å². The van der Waals surface area contributed by atoms with E-state index in [-0.39, 0.29) is 5.78 Å². The molecule has 1 aliphatic heterocycles. The lowest BCUT2D eigenvalue weighted by Gasteiger charge is -2.20. The largest absolute Gasteiger partial charge is 0.456 e. The number of carbonyl (C=O) groups excluding carboxylic acids is 1. The Kier molecular flexibility index (Phi) is 4.01. The number of ether oxygens (including phenoxy) is 1. The molecule has 0 N–H and O–H groups in total. The Bertz CT molecular complexity index is 880. The summed E-state index contributed by atoms with van der Waals surface area (Å²) in [4.78, 5) is 11.4. The van der Waals surface area contributed by atoms with Crippen LogP contribution in [0.15, 0.2) is 108 Å². The molecule has 0 radical (unpaired) electrons. The predicted molar refractivity (Wildman–Crippen MR) is 100 cm³/mol. The van der Waals surface area contributed by atoms with Crippen LogP contribution < -0.4 is 0 Å². The summed E-state index contributed by atoms with van der Waals surface area (Å²) in [5, 5.41) is 0. The van der Waals surface area contributed by atoms with Crippen LogP contribution in [0.4, 0.5) is 0 Å². The van der Waals surface area contributed by atoms with Gasteiger partial charge in [0.2, 0.25) is 0 Å². The van der Waals surface area contributed by atoms with Gasteiger partial charge in [0.15, 0.2) is 5.78 Å². The molecule has 0 bridgehead atoms. The van der Waals surface area contributed by atoms with Crippen molar-refractivity contribution >= 4 is 17.3 Å². The second kappa shape index (κ2) is 6.62. The second-order valence-corrected chi connectivity index (χ2v) is 5.83. The Hall–Kier alpha value is -3.39. The summed E-state index contributed by atoms with van der Waals surface area (Å²) < 4.78 is 6.17. The lowest BCUT2D eigenvalue weighted by atomic mass is 9.97. The van der Waals surface area contributed by atoms with Gasteiger partial charge in [-0.05, 0) is 35.5 Å². The Labute approximate surface area is 146 Å². The van der Waals surface area contributed by atoms with Crippen LogP contribution in [-0.4, -0.2) is 5.78 Å². The number of allylic oxidation sites excluding steroid dienone is 8. The highest BCUT2D eigenvalue weighted by atomic mass is 16.5. The molecule has 2 nitrogen and oxygen atoms in total. The van der Waals surface area contributed by atoms with Crippen molar-refractivity contribution in [2.45, 2.75) is 0 Å². The predicted octanol–water partition coefficient (Wildman–Crippen LogP) is 5.09. The van der Waals surface area contributed by atoms with Gasteiger partial charge in [-0.25, -0.2) is 0 Å². The van der Waals surface area contributed by atoms with E-state index < -0.39 is 0 Å². The van der Waals surface area contributed by atoms with Gasteiger partial charge in [0.05, 0.1) is 0 Å². The zero-order chi connectivity index (χ0) is 17.1. The van der Waals surface area contributed by atoms with Crippen molar-refractivity contribution in [3.63, 3.8) is 0 Å². The quantitative estimate of drug-likeness (QED) is 0.769. The summed E-state index contributed by atoms with van der Waals surface area (Å²) in [5.41, 5.74) is 4.04. The number of hydrogen-bond acceptors (Lipinski definition) is 2. The Balaban J connectivity index is 1.83. The van der Waals surface area contributed by atoms with Crippen molar-refractivity contribution < 1.29 is 9.53 Å². The first kappa shape index (κ1) is 15.2. The van der Waals surface area contributed by atoms with Crippen LogP contribution in [0.5, 0.6) is 0 Å². The van der Waals surface area contributed by atoms with Gasteiger partial charge in [-0.15, -0.1) is 0 Å². The van der Waals surface area contributed by atoms with E-state index in [1.165, 1.54) is 0 Å². The van der Waals surface area contributed by atoms with Crippen molar-refractivity contribution in [2.24, 2.45) is 0 Å². The second-order valence-electron chi connectivity index (χ2n) is 5.83. The first-order chi connectivity index (χ1) is 12.3. The molecule has 0 atom stereocenters. The molecular formula is C23H16O2. The molecule has 4 rings (SSSR count). The molecule has 0 saturated heterocycles. The number of carbonyl (C=O) groups is 1. The zero-order valence-electron chi connectivity index (χ0n) is 13.6. The first-order valence-corrected chi connectivity index (χ1v) is 8.16. The van der Waals surface area contributed by atoms with E-state index in [0.717, 1.165) is 33.8 Å². The van der Waals surface area contributed by atoms with Crippen molar-refractivity contribution in [3.8, 4) is 0 Å². The van der Waals surface area contributed by atoms with Crippen LogP contribution in [0.1, 0.15) is 11.1 Å². The number of benzene rings is 2. The van der Waals surface area contributed by atoms with E-state index in [2.05, 4.69) is 0 Å². The van der Waals surface area contributed by atoms with E-state index in [1.807, 2.05) is 85.0 Å². The van der Waals surface area contributed by atoms with Crippen molar-refractivity contribution in [1.82, 2.24) is 0 Å². The monoisotopic (exact) mass is 324 g/mol. The van der Waals surface area contributed by atoms with Gasteiger partial charge in [-0.2, -0.15) is 0 Å². The van der Waals surface area contributed by atoms with Crippen LogP contribution in [0.2, 0.25) is 0 Å². The highest BCUT2D eigenvalue weighted by molar-refractivity contribution is 6.01. The lowest BCUT2D eigenvalue weighted by Crippen LogP contribution is -2.02. The van der Waals surface area contributed by atoms with Crippen molar-refractivity contribution in [3.05, 3.63) is 119 Å². The number of hydrogen-bond donors (Lipinski definition) is 0. The highest BCUT2D eigenvalue weighted by Crippen LogP contribution is 2.33. The summed E-state index contributed by atoms with van der Waals surface area (Å²) in [6.07, 6.45) is 10.9. The van der Waals surface area contributed by atoms with Gasteiger partial charge in [0.25, 0.3) is 0 Å². The van der Waals surface area contributed by atoms with E-state index in [1.54, 1.807) is 12.2 Å². The SMILES string of the molecule is O=C1C=CC(=C2C=C(c3ccccc3)OC(c3ccccc3)=C2)C=C1. The maximum atomic E-state index is 11.4. The summed E-state index contributed by atoms with van der Waals surface area (Å²) in [5.74, 6) is 1.60. The van der Waals surface area contributed by atoms with E-state index in [0.29, 0.717) is 0 Å². The molecule has 2 aromatic carbocycles. The molecule has 1 aliphatic carbocycles. The van der Waals surface area contributed by atoms with Crippen LogP contribution in [-0.2, 0) is 9.53 Å². The third-order valence-electron chi connectivity index (χ3n) is 4.10. The minimum atomic E-state index is 0.0101. The van der Waals surface area contributed by atoms with Crippen LogP contribution >= 0.6 is 0 Å². The maximum absolute atomic E-state index is 11.4. The van der Waals surface area contributed by atoms with Crippen LogP contribution in [0.3, 0.4) is 0 Å². The topological polar surface area (TPSA) is 26.3 Å². The zero-order valence-corrected chi connectivity index (χ0v) is 13.6. The molecule has 0 unspecified atom stereocenters. The summed E-state index contributed by atoms with van der Waals surface area (Å²) in [6.45, 7) is 0. The van der Waals surface area contributed by atoms with Gasteiger partial charge in [0, 0.05) is 11.1 Å². The average Bonchev–Trinajstić information content (AvgIpc) is 2.69. The minimum absolute atomic E-state index is 0.0101. The molecule has 0 fully saturated rings. The van der Waals surface area contributed by atoms with Gasteiger partial charge in [-0.1, -0.05) is 72.8 Å². The van der Waals surface area contributed by atoms with Gasteiger partial charge in [-0.3, -0.25) is 4.79 Å². The Morgan fingerprint density at radius 3 is 1.52 bits per heavy atom. The Morgan fingerprint density at radius 2 is 1.04 bits per heavy atom. The summed E-state index contributed by atoms with van der Waals surface area (Å²) >= 11 is 0. The number of rotatable bonds is 2. The number of ketones is 1. The Morgan fingerprint density at radius 1 is 0.560 bits per heavy atom. The van der Waals surface area contributed by atoms with Gasteiger partial charge in [0.1, 0.15) is 11.5 Å².